The van der Waals surface area contributed by atoms with E-state index in [-0.39, 0.29) is 48.2 Å². The SMILES string of the molecule is C=CC(=O)CCC(=O)N1CCN(Cc2cc3c(N4CCCCC4)nc(-c4cnc(NC(=O)CC)cc4C(F)(F)F)nn3c2)CC1. The molecule has 0 aromatic carbocycles. The number of hydrogen-bond acceptors (Lipinski definition) is 8. The van der Waals surface area contributed by atoms with Gasteiger partial charge in [-0.3, -0.25) is 19.3 Å². The van der Waals surface area contributed by atoms with E-state index in [0.717, 1.165) is 50.2 Å². The summed E-state index contributed by atoms with van der Waals surface area (Å²) in [4.78, 5) is 50.6. The summed E-state index contributed by atoms with van der Waals surface area (Å²) >= 11 is 0. The highest BCUT2D eigenvalue weighted by molar-refractivity contribution is 5.92. The lowest BCUT2D eigenvalue weighted by Crippen LogP contribution is -2.48. The number of halogens is 3. The van der Waals surface area contributed by atoms with E-state index in [1.54, 1.807) is 16.3 Å². The first kappa shape index (κ1) is 32.1. The molecule has 2 fully saturated rings. The highest BCUT2D eigenvalue weighted by Crippen LogP contribution is 2.38. The Bertz CT molecular complexity index is 1570. The number of anilines is 2. The molecule has 45 heavy (non-hydrogen) atoms. The molecule has 240 valence electrons. The van der Waals surface area contributed by atoms with Crippen LogP contribution in [0.1, 0.15) is 56.6 Å². The van der Waals surface area contributed by atoms with Gasteiger partial charge in [-0.2, -0.15) is 13.2 Å². The normalized spacial score (nSPS) is 16.2. The van der Waals surface area contributed by atoms with Gasteiger partial charge in [0.15, 0.2) is 17.4 Å². The maximum absolute atomic E-state index is 14.3. The third-order valence-electron chi connectivity index (χ3n) is 8.14. The van der Waals surface area contributed by atoms with E-state index in [4.69, 9.17) is 0 Å². The fourth-order valence-electron chi connectivity index (χ4n) is 5.65. The molecule has 5 rings (SSSR count). The number of amides is 2. The summed E-state index contributed by atoms with van der Waals surface area (Å²) in [6.45, 7) is 9.44. The van der Waals surface area contributed by atoms with Crippen LogP contribution in [0.15, 0.2) is 37.2 Å². The molecule has 5 heterocycles. The number of rotatable bonds is 10. The molecule has 0 bridgehead atoms. The van der Waals surface area contributed by atoms with Crippen molar-refractivity contribution in [2.75, 3.05) is 49.5 Å². The van der Waals surface area contributed by atoms with Crippen LogP contribution in [0.4, 0.5) is 24.8 Å². The van der Waals surface area contributed by atoms with Crippen molar-refractivity contribution in [3.05, 3.63) is 48.3 Å². The number of aromatic nitrogens is 4. The quantitative estimate of drug-likeness (QED) is 0.331. The Kier molecular flexibility index (Phi) is 9.80. The third kappa shape index (κ3) is 7.67. The van der Waals surface area contributed by atoms with Gasteiger partial charge < -0.3 is 15.1 Å². The molecule has 2 saturated heterocycles. The lowest BCUT2D eigenvalue weighted by molar-refractivity contribution is -0.137. The molecule has 1 N–H and O–H groups in total. The first-order valence-electron chi connectivity index (χ1n) is 15.2. The number of allylic oxidation sites excluding steroid dienone is 1. The minimum absolute atomic E-state index is 0.0538. The highest BCUT2D eigenvalue weighted by atomic mass is 19.4. The molecular weight excluding hydrogens is 589 g/mol. The number of nitrogens with zero attached hydrogens (tertiary/aromatic N) is 7. The van der Waals surface area contributed by atoms with Crippen molar-refractivity contribution in [3.8, 4) is 11.4 Å². The molecule has 3 aromatic rings. The number of pyridine rings is 1. The Balaban J connectivity index is 1.42. The van der Waals surface area contributed by atoms with Crippen LogP contribution in [-0.4, -0.2) is 86.2 Å². The van der Waals surface area contributed by atoms with E-state index in [9.17, 15) is 27.6 Å². The van der Waals surface area contributed by atoms with Gasteiger partial charge >= 0.3 is 6.18 Å². The molecule has 0 atom stereocenters. The minimum atomic E-state index is -4.74. The number of ketones is 1. The lowest BCUT2D eigenvalue weighted by Gasteiger charge is -2.34. The van der Waals surface area contributed by atoms with Gasteiger partial charge in [-0.1, -0.05) is 13.5 Å². The summed E-state index contributed by atoms with van der Waals surface area (Å²) in [6.07, 6.45) is 2.76. The number of carbonyl (C=O) groups is 3. The predicted molar refractivity (Wildman–Crippen MR) is 162 cm³/mol. The Morgan fingerprint density at radius 3 is 2.42 bits per heavy atom. The van der Waals surface area contributed by atoms with Gasteiger partial charge in [-0.25, -0.2) is 14.5 Å². The number of carbonyl (C=O) groups excluding carboxylic acids is 3. The molecule has 14 heteroatoms. The molecule has 2 aliphatic rings. The Labute approximate surface area is 259 Å². The van der Waals surface area contributed by atoms with Crippen molar-refractivity contribution in [3.63, 3.8) is 0 Å². The average Bonchev–Trinajstić information content (AvgIpc) is 3.45. The summed E-state index contributed by atoms with van der Waals surface area (Å²) in [7, 11) is 0. The summed E-state index contributed by atoms with van der Waals surface area (Å²) in [5.74, 6) is -0.387. The molecule has 0 spiro atoms. The fourth-order valence-corrected chi connectivity index (χ4v) is 5.65. The summed E-state index contributed by atoms with van der Waals surface area (Å²) in [5, 5.41) is 6.91. The Morgan fingerprint density at radius 2 is 1.76 bits per heavy atom. The topological polar surface area (TPSA) is 116 Å². The zero-order valence-corrected chi connectivity index (χ0v) is 25.3. The van der Waals surface area contributed by atoms with E-state index >= 15 is 0 Å². The molecule has 0 radical (unpaired) electrons. The van der Waals surface area contributed by atoms with Gasteiger partial charge in [-0.15, -0.1) is 5.10 Å². The Hall–Kier alpha value is -4.33. The van der Waals surface area contributed by atoms with Gasteiger partial charge in [0.2, 0.25) is 11.8 Å². The number of piperidine rings is 1. The van der Waals surface area contributed by atoms with E-state index in [2.05, 4.69) is 36.8 Å². The molecule has 2 amide bonds. The van der Waals surface area contributed by atoms with Crippen molar-refractivity contribution in [1.82, 2.24) is 29.4 Å². The van der Waals surface area contributed by atoms with Crippen molar-refractivity contribution in [2.24, 2.45) is 0 Å². The molecule has 0 saturated carbocycles. The van der Waals surface area contributed by atoms with Crippen LogP contribution < -0.4 is 10.2 Å². The number of alkyl halides is 3. The Morgan fingerprint density at radius 1 is 1.02 bits per heavy atom. The zero-order chi connectivity index (χ0) is 32.1. The fraction of sp³-hybridized carbons (Fsp3) is 0.484. The molecule has 3 aromatic heterocycles. The van der Waals surface area contributed by atoms with Crippen molar-refractivity contribution in [1.29, 1.82) is 0 Å². The number of fused-ring (bicyclic) bond motifs is 1. The first-order valence-corrected chi connectivity index (χ1v) is 15.2. The second-order valence-corrected chi connectivity index (χ2v) is 11.3. The lowest BCUT2D eigenvalue weighted by atomic mass is 10.1. The maximum atomic E-state index is 14.3. The largest absolute Gasteiger partial charge is 0.417 e. The van der Waals surface area contributed by atoms with Crippen LogP contribution in [-0.2, 0) is 27.1 Å². The number of hydrogen-bond donors (Lipinski definition) is 1. The monoisotopic (exact) mass is 626 g/mol. The molecule has 0 aliphatic carbocycles. The van der Waals surface area contributed by atoms with Gasteiger partial charge in [0.25, 0.3) is 0 Å². The van der Waals surface area contributed by atoms with Crippen molar-refractivity contribution < 1.29 is 27.6 Å². The first-order chi connectivity index (χ1) is 21.5. The number of nitrogens with one attached hydrogen (secondary N) is 1. The second-order valence-electron chi connectivity index (χ2n) is 11.3. The van der Waals surface area contributed by atoms with Crippen molar-refractivity contribution >= 4 is 34.8 Å². The van der Waals surface area contributed by atoms with Crippen LogP contribution in [0.3, 0.4) is 0 Å². The summed E-state index contributed by atoms with van der Waals surface area (Å²) < 4.78 is 44.4. The van der Waals surface area contributed by atoms with Crippen molar-refractivity contribution in [2.45, 2.75) is 58.2 Å². The van der Waals surface area contributed by atoms with Gasteiger partial charge in [0.05, 0.1) is 11.1 Å². The standard InChI is InChI=1S/C31H37F3N8O3/c1-3-22(43)8-9-28(45)40-14-12-39(13-15-40)19-21-16-25-30(41-10-6-5-7-11-41)37-29(38-42(25)20-21)23-18-35-26(36-27(44)4-2)17-24(23)31(32,33)34/h3,16-18,20H,1,4-15,19H2,2H3,(H,35,36,44). The van der Waals surface area contributed by atoms with Crippen LogP contribution >= 0.6 is 0 Å². The molecule has 2 aliphatic heterocycles. The zero-order valence-electron chi connectivity index (χ0n) is 25.3. The number of piperazine rings is 1. The van der Waals surface area contributed by atoms with Crippen LogP contribution in [0.25, 0.3) is 16.9 Å². The summed E-state index contributed by atoms with van der Waals surface area (Å²) in [6, 6.07) is 2.79. The maximum Gasteiger partial charge on any atom is 0.417 e. The summed E-state index contributed by atoms with van der Waals surface area (Å²) in [5.41, 5.74) is 0.358. The van der Waals surface area contributed by atoms with Gasteiger partial charge in [0.1, 0.15) is 11.3 Å². The van der Waals surface area contributed by atoms with Crippen LogP contribution in [0.5, 0.6) is 0 Å². The third-order valence-corrected chi connectivity index (χ3v) is 8.14. The second kappa shape index (κ2) is 13.8. The van der Waals surface area contributed by atoms with E-state index in [1.807, 2.05) is 12.3 Å². The minimum Gasteiger partial charge on any atom is -0.355 e. The molecule has 11 nitrogen and oxygen atoms in total. The van der Waals surface area contributed by atoms with E-state index < -0.39 is 17.6 Å². The average molecular weight is 627 g/mol. The van der Waals surface area contributed by atoms with E-state index in [0.29, 0.717) is 44.1 Å². The molecular formula is C31H37F3N8O3. The molecule has 0 unspecified atom stereocenters. The smallest absolute Gasteiger partial charge is 0.355 e. The van der Waals surface area contributed by atoms with Gasteiger partial charge in [-0.05, 0) is 43.0 Å². The predicted octanol–water partition coefficient (Wildman–Crippen LogP) is 4.33. The van der Waals surface area contributed by atoms with Gasteiger partial charge in [0, 0.05) is 77.5 Å². The highest BCUT2D eigenvalue weighted by Gasteiger charge is 2.36. The van der Waals surface area contributed by atoms with Crippen LogP contribution in [0.2, 0.25) is 0 Å². The van der Waals surface area contributed by atoms with Crippen LogP contribution in [0, 0.1) is 0 Å². The van der Waals surface area contributed by atoms with E-state index in [1.165, 1.54) is 6.08 Å².